The smallest absolute Gasteiger partial charge is 0.251 e. The molecule has 0 radical (unpaired) electrons. The van der Waals surface area contributed by atoms with Crippen molar-refractivity contribution in [1.82, 2.24) is 5.32 Å². The van der Waals surface area contributed by atoms with E-state index in [1.165, 1.54) is 5.56 Å². The second kappa shape index (κ2) is 8.12. The number of benzene rings is 3. The van der Waals surface area contributed by atoms with Gasteiger partial charge in [0.05, 0.1) is 0 Å². The summed E-state index contributed by atoms with van der Waals surface area (Å²) in [7, 11) is 0. The van der Waals surface area contributed by atoms with Crippen molar-refractivity contribution in [3.05, 3.63) is 95.6 Å². The Hall–Kier alpha value is -3.40. The van der Waals surface area contributed by atoms with Crippen LogP contribution in [0.15, 0.2) is 78.9 Å². The van der Waals surface area contributed by atoms with Gasteiger partial charge in [0.15, 0.2) is 0 Å². The molecule has 0 aliphatic carbocycles. The molecule has 130 valence electrons. The van der Waals surface area contributed by atoms with Gasteiger partial charge in [-0.3, -0.25) is 9.59 Å². The first-order chi connectivity index (χ1) is 12.6. The van der Waals surface area contributed by atoms with Gasteiger partial charge in [0.2, 0.25) is 5.91 Å². The van der Waals surface area contributed by atoms with E-state index in [9.17, 15) is 9.59 Å². The van der Waals surface area contributed by atoms with Crippen molar-refractivity contribution in [2.24, 2.45) is 5.73 Å². The van der Waals surface area contributed by atoms with Crippen LogP contribution in [-0.4, -0.2) is 18.4 Å². The predicted octanol–water partition coefficient (Wildman–Crippen LogP) is 3.43. The van der Waals surface area contributed by atoms with Crippen LogP contribution in [0, 0.1) is 0 Å². The molecule has 0 heterocycles. The Morgan fingerprint density at radius 2 is 1.38 bits per heavy atom. The van der Waals surface area contributed by atoms with Crippen LogP contribution >= 0.6 is 0 Å². The zero-order valence-corrected chi connectivity index (χ0v) is 14.3. The lowest BCUT2D eigenvalue weighted by Gasteiger charge is -2.08. The van der Waals surface area contributed by atoms with E-state index in [4.69, 9.17) is 5.73 Å². The number of rotatable bonds is 6. The van der Waals surface area contributed by atoms with Crippen LogP contribution in [0.1, 0.15) is 26.3 Å². The first-order valence-electron chi connectivity index (χ1n) is 8.46. The molecule has 26 heavy (non-hydrogen) atoms. The molecule has 0 bridgehead atoms. The van der Waals surface area contributed by atoms with Gasteiger partial charge in [-0.15, -0.1) is 0 Å². The summed E-state index contributed by atoms with van der Waals surface area (Å²) in [5.74, 6) is -0.588. The number of hydrogen-bond donors (Lipinski definition) is 2. The van der Waals surface area contributed by atoms with E-state index in [1.807, 2.05) is 54.6 Å². The fourth-order valence-corrected chi connectivity index (χ4v) is 2.76. The maximum Gasteiger partial charge on any atom is 0.251 e. The fraction of sp³-hybridized carbons (Fsp3) is 0.0909. The number of nitrogens with two attached hydrogens (primary N) is 1. The van der Waals surface area contributed by atoms with E-state index in [-0.39, 0.29) is 5.91 Å². The van der Waals surface area contributed by atoms with E-state index in [2.05, 4.69) is 5.32 Å². The minimum atomic E-state index is -0.471. The van der Waals surface area contributed by atoms with Gasteiger partial charge in [-0.05, 0) is 47.4 Å². The van der Waals surface area contributed by atoms with Crippen molar-refractivity contribution < 1.29 is 9.59 Å². The zero-order valence-electron chi connectivity index (χ0n) is 14.3. The Kier molecular flexibility index (Phi) is 5.44. The van der Waals surface area contributed by atoms with Crippen molar-refractivity contribution in [3.63, 3.8) is 0 Å². The Labute approximate surface area is 152 Å². The summed E-state index contributed by atoms with van der Waals surface area (Å²) in [5.41, 5.74) is 9.26. The molecule has 0 atom stereocenters. The zero-order chi connectivity index (χ0) is 18.4. The number of carbonyl (C=O) groups is 2. The van der Waals surface area contributed by atoms with Gasteiger partial charge in [0.25, 0.3) is 5.91 Å². The lowest BCUT2D eigenvalue weighted by Crippen LogP contribution is -2.25. The average molecular weight is 344 g/mol. The quantitative estimate of drug-likeness (QED) is 0.719. The Morgan fingerprint density at radius 3 is 2.04 bits per heavy atom. The lowest BCUT2D eigenvalue weighted by molar-refractivity contribution is 0.0952. The minimum absolute atomic E-state index is 0.117. The molecule has 0 spiro atoms. The van der Waals surface area contributed by atoms with Crippen LogP contribution in [0.25, 0.3) is 11.1 Å². The van der Waals surface area contributed by atoms with Gasteiger partial charge in [0, 0.05) is 17.7 Å². The molecule has 2 amide bonds. The van der Waals surface area contributed by atoms with Gasteiger partial charge in [0.1, 0.15) is 0 Å². The fourth-order valence-electron chi connectivity index (χ4n) is 2.76. The molecule has 0 aliphatic heterocycles. The molecule has 0 fully saturated rings. The Bertz CT molecular complexity index is 920. The molecule has 4 heteroatoms. The molecule has 3 rings (SSSR count). The number of hydrogen-bond acceptors (Lipinski definition) is 2. The van der Waals surface area contributed by atoms with E-state index in [1.54, 1.807) is 24.3 Å². The molecular weight excluding hydrogens is 324 g/mol. The van der Waals surface area contributed by atoms with Crippen LogP contribution in [0.4, 0.5) is 0 Å². The SMILES string of the molecule is NC(=O)c1cccc(-c2cccc(C(=O)NCCc3ccccc3)c2)c1. The van der Waals surface area contributed by atoms with E-state index < -0.39 is 5.91 Å². The largest absolute Gasteiger partial charge is 0.366 e. The number of primary amides is 1. The van der Waals surface area contributed by atoms with Gasteiger partial charge < -0.3 is 11.1 Å². The first kappa shape index (κ1) is 17.4. The average Bonchev–Trinajstić information content (AvgIpc) is 2.69. The van der Waals surface area contributed by atoms with Crippen LogP contribution in [0.2, 0.25) is 0 Å². The molecule has 3 N–H and O–H groups in total. The monoisotopic (exact) mass is 344 g/mol. The third-order valence-corrected chi connectivity index (χ3v) is 4.15. The van der Waals surface area contributed by atoms with E-state index in [0.717, 1.165) is 17.5 Å². The van der Waals surface area contributed by atoms with Gasteiger partial charge in [-0.2, -0.15) is 0 Å². The van der Waals surface area contributed by atoms with E-state index >= 15 is 0 Å². The summed E-state index contributed by atoms with van der Waals surface area (Å²) in [5, 5.41) is 2.94. The highest BCUT2D eigenvalue weighted by molar-refractivity contribution is 5.96. The molecular formula is C22H20N2O2. The second-order valence-electron chi connectivity index (χ2n) is 6.02. The van der Waals surface area contributed by atoms with Crippen LogP contribution in [0.3, 0.4) is 0 Å². The van der Waals surface area contributed by atoms with Crippen molar-refractivity contribution in [1.29, 1.82) is 0 Å². The van der Waals surface area contributed by atoms with Crippen molar-refractivity contribution in [3.8, 4) is 11.1 Å². The molecule has 3 aromatic rings. The highest BCUT2D eigenvalue weighted by atomic mass is 16.2. The molecule has 0 saturated heterocycles. The summed E-state index contributed by atoms with van der Waals surface area (Å²) in [6.45, 7) is 0.574. The van der Waals surface area contributed by atoms with Crippen molar-refractivity contribution in [2.45, 2.75) is 6.42 Å². The summed E-state index contributed by atoms with van der Waals surface area (Å²) >= 11 is 0. The van der Waals surface area contributed by atoms with Gasteiger partial charge in [-0.25, -0.2) is 0 Å². The number of amides is 2. The summed E-state index contributed by atoms with van der Waals surface area (Å²) < 4.78 is 0. The molecule has 0 aromatic heterocycles. The van der Waals surface area contributed by atoms with E-state index in [0.29, 0.717) is 17.7 Å². The van der Waals surface area contributed by atoms with Crippen molar-refractivity contribution >= 4 is 11.8 Å². The summed E-state index contributed by atoms with van der Waals surface area (Å²) in [6.07, 6.45) is 0.785. The molecule has 0 unspecified atom stereocenters. The topological polar surface area (TPSA) is 72.2 Å². The first-order valence-corrected chi connectivity index (χ1v) is 8.46. The molecule has 0 saturated carbocycles. The van der Waals surface area contributed by atoms with Crippen LogP contribution in [-0.2, 0) is 6.42 Å². The third-order valence-electron chi connectivity index (χ3n) is 4.15. The summed E-state index contributed by atoms with van der Waals surface area (Å²) in [6, 6.07) is 24.4. The molecule has 0 aliphatic rings. The Morgan fingerprint density at radius 1 is 0.769 bits per heavy atom. The standard InChI is InChI=1S/C22H20N2O2/c23-21(25)19-10-4-8-17(14-19)18-9-5-11-20(15-18)22(26)24-13-12-16-6-2-1-3-7-16/h1-11,14-15H,12-13H2,(H2,23,25)(H,24,26). The second-order valence-corrected chi connectivity index (χ2v) is 6.02. The maximum absolute atomic E-state index is 12.4. The van der Waals surface area contributed by atoms with Crippen LogP contribution < -0.4 is 11.1 Å². The molecule has 3 aromatic carbocycles. The number of carbonyl (C=O) groups excluding carboxylic acids is 2. The predicted molar refractivity (Wildman–Crippen MR) is 103 cm³/mol. The third kappa shape index (κ3) is 4.36. The van der Waals surface area contributed by atoms with Crippen molar-refractivity contribution in [2.75, 3.05) is 6.54 Å². The highest BCUT2D eigenvalue weighted by Crippen LogP contribution is 2.21. The normalized spacial score (nSPS) is 10.3. The minimum Gasteiger partial charge on any atom is -0.366 e. The molecule has 4 nitrogen and oxygen atoms in total. The Balaban J connectivity index is 1.69. The maximum atomic E-state index is 12.4. The number of nitrogens with one attached hydrogen (secondary N) is 1. The van der Waals surface area contributed by atoms with Gasteiger partial charge >= 0.3 is 0 Å². The lowest BCUT2D eigenvalue weighted by atomic mass is 10.0. The highest BCUT2D eigenvalue weighted by Gasteiger charge is 2.08. The van der Waals surface area contributed by atoms with Gasteiger partial charge in [-0.1, -0.05) is 54.6 Å². The van der Waals surface area contributed by atoms with Crippen LogP contribution in [0.5, 0.6) is 0 Å². The summed E-state index contributed by atoms with van der Waals surface area (Å²) in [4.78, 5) is 23.8.